The monoisotopic (exact) mass is 323 g/mol. The van der Waals surface area contributed by atoms with Crippen molar-refractivity contribution in [2.24, 2.45) is 0 Å². The number of carbonyl (C=O) groups is 1. The first-order chi connectivity index (χ1) is 10.5. The molecule has 0 aliphatic heterocycles. The van der Waals surface area contributed by atoms with E-state index in [9.17, 15) is 17.6 Å². The molecule has 0 spiro atoms. The quantitative estimate of drug-likeness (QED) is 0.824. The number of nitrogens with zero attached hydrogens (tertiary/aromatic N) is 1. The number of hydrogen-bond acceptors (Lipinski definition) is 4. The van der Waals surface area contributed by atoms with Crippen LogP contribution in [0.3, 0.4) is 0 Å². The maximum atomic E-state index is 12.8. The van der Waals surface area contributed by atoms with Gasteiger partial charge in [-0.15, -0.1) is 0 Å². The molecular weight excluding hydrogens is 309 g/mol. The summed E-state index contributed by atoms with van der Waals surface area (Å²) in [7, 11) is -3.84. The molecule has 0 saturated carbocycles. The smallest absolute Gasteiger partial charge is 0.241 e. The van der Waals surface area contributed by atoms with E-state index in [1.165, 1.54) is 0 Å². The Hall–Kier alpha value is -2.32. The maximum Gasteiger partial charge on any atom is 0.241 e. The summed E-state index contributed by atoms with van der Waals surface area (Å²) in [6.07, 6.45) is 3.19. The molecule has 1 aromatic carbocycles. The fraction of sp³-hybridized carbons (Fsp3) is 0.143. The first-order valence-electron chi connectivity index (χ1n) is 6.38. The molecule has 0 unspecified atom stereocenters. The van der Waals surface area contributed by atoms with Gasteiger partial charge in [0.05, 0.1) is 11.4 Å². The van der Waals surface area contributed by atoms with E-state index in [2.05, 4.69) is 15.0 Å². The van der Waals surface area contributed by atoms with Crippen LogP contribution in [-0.2, 0) is 21.4 Å². The predicted octanol–water partition coefficient (Wildman–Crippen LogP) is 0.815. The molecule has 2 aromatic rings. The molecule has 6 nitrogen and oxygen atoms in total. The number of nitrogens with one attached hydrogen (secondary N) is 2. The van der Waals surface area contributed by atoms with Gasteiger partial charge < -0.3 is 5.32 Å². The Morgan fingerprint density at radius 2 is 1.73 bits per heavy atom. The lowest BCUT2D eigenvalue weighted by Gasteiger charge is -2.08. The molecule has 2 rings (SSSR count). The molecule has 0 fully saturated rings. The zero-order valence-corrected chi connectivity index (χ0v) is 12.3. The molecule has 1 heterocycles. The van der Waals surface area contributed by atoms with Gasteiger partial charge in [-0.1, -0.05) is 0 Å². The molecule has 22 heavy (non-hydrogen) atoms. The van der Waals surface area contributed by atoms with Crippen molar-refractivity contribution < 1.29 is 17.6 Å². The van der Waals surface area contributed by atoms with Crippen LogP contribution in [0.4, 0.5) is 4.39 Å². The zero-order chi connectivity index (χ0) is 16.0. The minimum absolute atomic E-state index is 0.101. The summed E-state index contributed by atoms with van der Waals surface area (Å²) in [6, 6.07) is 7.82. The zero-order valence-electron chi connectivity index (χ0n) is 11.5. The van der Waals surface area contributed by atoms with Crippen LogP contribution in [0.25, 0.3) is 0 Å². The molecular formula is C14H14FN3O3S. The molecule has 0 radical (unpaired) electrons. The second-order valence-electron chi connectivity index (χ2n) is 4.41. The van der Waals surface area contributed by atoms with Gasteiger partial charge in [0, 0.05) is 18.9 Å². The first kappa shape index (κ1) is 16.1. The number of aromatic nitrogens is 1. The lowest BCUT2D eigenvalue weighted by atomic mass is 10.3. The van der Waals surface area contributed by atoms with Crippen LogP contribution in [0.1, 0.15) is 5.56 Å². The van der Waals surface area contributed by atoms with E-state index >= 15 is 0 Å². The first-order valence-corrected chi connectivity index (χ1v) is 7.86. The molecule has 2 N–H and O–H groups in total. The van der Waals surface area contributed by atoms with Crippen molar-refractivity contribution in [3.63, 3.8) is 0 Å². The SMILES string of the molecule is O=C(CNS(=O)(=O)c1ccc(F)cc1)NCc1ccncc1. The highest BCUT2D eigenvalue weighted by Gasteiger charge is 2.15. The van der Waals surface area contributed by atoms with Crippen LogP contribution in [0.15, 0.2) is 53.7 Å². The average molecular weight is 323 g/mol. The largest absolute Gasteiger partial charge is 0.351 e. The highest BCUT2D eigenvalue weighted by atomic mass is 32.2. The van der Waals surface area contributed by atoms with Crippen molar-refractivity contribution in [1.82, 2.24) is 15.0 Å². The van der Waals surface area contributed by atoms with E-state index in [1.807, 2.05) is 0 Å². The summed E-state index contributed by atoms with van der Waals surface area (Å²) < 4.78 is 38.7. The van der Waals surface area contributed by atoms with Crippen LogP contribution >= 0.6 is 0 Å². The topological polar surface area (TPSA) is 88.2 Å². The second-order valence-corrected chi connectivity index (χ2v) is 6.18. The standard InChI is InChI=1S/C14H14FN3O3S/c15-12-1-3-13(4-2-12)22(20,21)18-10-14(19)17-9-11-5-7-16-8-6-11/h1-8,18H,9-10H2,(H,17,19). The van der Waals surface area contributed by atoms with Crippen molar-refractivity contribution in [2.45, 2.75) is 11.4 Å². The summed E-state index contributed by atoms with van der Waals surface area (Å²) in [6.45, 7) is -0.121. The van der Waals surface area contributed by atoms with E-state index in [4.69, 9.17) is 0 Å². The number of carbonyl (C=O) groups excluding carboxylic acids is 1. The maximum absolute atomic E-state index is 12.8. The van der Waals surface area contributed by atoms with E-state index < -0.39 is 28.3 Å². The third kappa shape index (κ3) is 4.61. The van der Waals surface area contributed by atoms with Crippen molar-refractivity contribution >= 4 is 15.9 Å². The van der Waals surface area contributed by atoms with Crippen molar-refractivity contribution in [3.8, 4) is 0 Å². The Morgan fingerprint density at radius 3 is 2.36 bits per heavy atom. The summed E-state index contributed by atoms with van der Waals surface area (Å²) in [4.78, 5) is 15.4. The Kier molecular flexibility index (Phi) is 5.18. The van der Waals surface area contributed by atoms with Crippen LogP contribution in [-0.4, -0.2) is 25.9 Å². The predicted molar refractivity (Wildman–Crippen MR) is 77.7 cm³/mol. The number of benzene rings is 1. The van der Waals surface area contributed by atoms with Crippen LogP contribution in [0.5, 0.6) is 0 Å². The van der Waals surface area contributed by atoms with Crippen molar-refractivity contribution in [2.75, 3.05) is 6.54 Å². The minimum atomic E-state index is -3.84. The highest BCUT2D eigenvalue weighted by Crippen LogP contribution is 2.09. The fourth-order valence-corrected chi connectivity index (χ4v) is 2.60. The number of pyridine rings is 1. The average Bonchev–Trinajstić information content (AvgIpc) is 2.52. The van der Waals surface area contributed by atoms with Crippen LogP contribution in [0, 0.1) is 5.82 Å². The van der Waals surface area contributed by atoms with Gasteiger partial charge in [0.15, 0.2) is 0 Å². The molecule has 0 aliphatic carbocycles. The number of amides is 1. The van der Waals surface area contributed by atoms with E-state index in [1.54, 1.807) is 24.5 Å². The molecule has 0 saturated heterocycles. The van der Waals surface area contributed by atoms with Gasteiger partial charge in [0.2, 0.25) is 15.9 Å². The summed E-state index contributed by atoms with van der Waals surface area (Å²) in [5, 5.41) is 2.58. The Balaban J connectivity index is 1.86. The Morgan fingerprint density at radius 1 is 1.09 bits per heavy atom. The van der Waals surface area contributed by atoms with Crippen LogP contribution < -0.4 is 10.0 Å². The lowest BCUT2D eigenvalue weighted by molar-refractivity contribution is -0.120. The third-order valence-corrected chi connectivity index (χ3v) is 4.20. The minimum Gasteiger partial charge on any atom is -0.351 e. The molecule has 8 heteroatoms. The van der Waals surface area contributed by atoms with Gasteiger partial charge in [-0.05, 0) is 42.0 Å². The van der Waals surface area contributed by atoms with E-state index in [0.717, 1.165) is 29.8 Å². The second kappa shape index (κ2) is 7.10. The summed E-state index contributed by atoms with van der Waals surface area (Å²) in [5.41, 5.74) is 0.852. The fourth-order valence-electron chi connectivity index (χ4n) is 1.62. The number of sulfonamides is 1. The number of rotatable bonds is 6. The number of halogens is 1. The third-order valence-electron chi connectivity index (χ3n) is 2.79. The summed E-state index contributed by atoms with van der Waals surface area (Å²) >= 11 is 0. The normalized spacial score (nSPS) is 11.1. The Labute approximate surface area is 127 Å². The van der Waals surface area contributed by atoms with Gasteiger partial charge in [-0.2, -0.15) is 0 Å². The van der Waals surface area contributed by atoms with Gasteiger partial charge in [0.25, 0.3) is 0 Å². The highest BCUT2D eigenvalue weighted by molar-refractivity contribution is 7.89. The van der Waals surface area contributed by atoms with Gasteiger partial charge in [0.1, 0.15) is 5.82 Å². The number of hydrogen-bond donors (Lipinski definition) is 2. The van der Waals surface area contributed by atoms with Crippen molar-refractivity contribution in [3.05, 3.63) is 60.2 Å². The molecule has 0 bridgehead atoms. The van der Waals surface area contributed by atoms with Gasteiger partial charge in [-0.3, -0.25) is 9.78 Å². The van der Waals surface area contributed by atoms with E-state index in [-0.39, 0.29) is 11.4 Å². The van der Waals surface area contributed by atoms with E-state index in [0.29, 0.717) is 0 Å². The molecule has 0 atom stereocenters. The molecule has 1 aromatic heterocycles. The van der Waals surface area contributed by atoms with Gasteiger partial charge >= 0.3 is 0 Å². The van der Waals surface area contributed by atoms with Crippen LogP contribution in [0.2, 0.25) is 0 Å². The molecule has 1 amide bonds. The Bertz CT molecular complexity index is 734. The van der Waals surface area contributed by atoms with Crippen molar-refractivity contribution in [1.29, 1.82) is 0 Å². The lowest BCUT2D eigenvalue weighted by Crippen LogP contribution is -2.36. The van der Waals surface area contributed by atoms with Gasteiger partial charge in [-0.25, -0.2) is 17.5 Å². The molecule has 0 aliphatic rings. The molecule has 116 valence electrons. The summed E-state index contributed by atoms with van der Waals surface area (Å²) in [5.74, 6) is -1.00.